The van der Waals surface area contributed by atoms with Crippen molar-refractivity contribution in [3.8, 4) is 0 Å². The molecular formula is C18H20N4O2. The molecule has 1 fully saturated rings. The fourth-order valence-corrected chi connectivity index (χ4v) is 3.53. The monoisotopic (exact) mass is 324 g/mol. The molecule has 1 aliphatic carbocycles. The minimum atomic E-state index is -0.213. The van der Waals surface area contributed by atoms with Crippen LogP contribution in [0.4, 0.5) is 0 Å². The van der Waals surface area contributed by atoms with E-state index in [0.717, 1.165) is 36.6 Å². The zero-order valence-electron chi connectivity index (χ0n) is 13.4. The van der Waals surface area contributed by atoms with Crippen LogP contribution in [0.2, 0.25) is 0 Å². The van der Waals surface area contributed by atoms with Gasteiger partial charge in [0.1, 0.15) is 17.6 Å². The number of nitrogens with one attached hydrogen (secondary N) is 2. The number of nitrogens with zero attached hydrogens (tertiary/aromatic N) is 2. The number of aromatic amines is 1. The van der Waals surface area contributed by atoms with Crippen molar-refractivity contribution >= 4 is 27.8 Å². The number of para-hydroxylation sites is 1. The summed E-state index contributed by atoms with van der Waals surface area (Å²) in [6, 6.07) is 7.91. The highest BCUT2D eigenvalue weighted by Crippen LogP contribution is 2.20. The Kier molecular flexibility index (Phi) is 3.80. The fraction of sp³-hybridized carbons (Fsp3) is 0.389. The Morgan fingerprint density at radius 2 is 2.04 bits per heavy atom. The second kappa shape index (κ2) is 6.11. The molecule has 24 heavy (non-hydrogen) atoms. The van der Waals surface area contributed by atoms with Crippen LogP contribution in [0.25, 0.3) is 21.9 Å². The normalized spacial score (nSPS) is 15.8. The SMILES string of the molecule is O=C(Cn1cnc2c([nH]c3ccccc32)c1=O)NC1CCCCC1. The van der Waals surface area contributed by atoms with Crippen LogP contribution >= 0.6 is 0 Å². The van der Waals surface area contributed by atoms with Crippen LogP contribution in [0.5, 0.6) is 0 Å². The third kappa shape index (κ3) is 2.68. The third-order valence-corrected chi connectivity index (χ3v) is 4.76. The first-order valence-electron chi connectivity index (χ1n) is 8.47. The summed E-state index contributed by atoms with van der Waals surface area (Å²) in [5, 5.41) is 3.95. The number of H-pyrrole nitrogens is 1. The number of carbonyl (C=O) groups is 1. The van der Waals surface area contributed by atoms with Crippen molar-refractivity contribution in [3.05, 3.63) is 40.9 Å². The molecule has 0 saturated heterocycles. The summed E-state index contributed by atoms with van der Waals surface area (Å²) in [7, 11) is 0. The van der Waals surface area contributed by atoms with Gasteiger partial charge in [-0.3, -0.25) is 14.2 Å². The number of hydrogen-bond donors (Lipinski definition) is 2. The number of rotatable bonds is 3. The number of fused-ring (bicyclic) bond motifs is 3. The van der Waals surface area contributed by atoms with E-state index >= 15 is 0 Å². The van der Waals surface area contributed by atoms with Gasteiger partial charge in [0.2, 0.25) is 5.91 Å². The number of carbonyl (C=O) groups excluding carboxylic acids is 1. The van der Waals surface area contributed by atoms with Gasteiger partial charge >= 0.3 is 0 Å². The molecule has 1 saturated carbocycles. The average Bonchev–Trinajstić information content (AvgIpc) is 2.98. The molecule has 0 unspecified atom stereocenters. The molecular weight excluding hydrogens is 304 g/mol. The Balaban J connectivity index is 1.60. The molecule has 1 aromatic carbocycles. The van der Waals surface area contributed by atoms with E-state index in [1.807, 2.05) is 24.3 Å². The van der Waals surface area contributed by atoms with Crippen molar-refractivity contribution in [2.45, 2.75) is 44.7 Å². The van der Waals surface area contributed by atoms with Crippen LogP contribution in [-0.2, 0) is 11.3 Å². The minimum Gasteiger partial charge on any atom is -0.352 e. The molecule has 1 amide bonds. The highest BCUT2D eigenvalue weighted by atomic mass is 16.2. The van der Waals surface area contributed by atoms with Crippen molar-refractivity contribution in [1.82, 2.24) is 19.9 Å². The van der Waals surface area contributed by atoms with Gasteiger partial charge in [0, 0.05) is 16.9 Å². The number of aromatic nitrogens is 3. The molecule has 1 aliphatic rings. The topological polar surface area (TPSA) is 79.8 Å². The molecule has 2 N–H and O–H groups in total. The molecule has 124 valence electrons. The molecule has 0 radical (unpaired) electrons. The fourth-order valence-electron chi connectivity index (χ4n) is 3.53. The van der Waals surface area contributed by atoms with Gasteiger partial charge in [-0.1, -0.05) is 37.5 Å². The van der Waals surface area contributed by atoms with Crippen LogP contribution in [0, 0.1) is 0 Å². The molecule has 3 aromatic rings. The lowest BCUT2D eigenvalue weighted by atomic mass is 9.95. The predicted molar refractivity (Wildman–Crippen MR) is 92.9 cm³/mol. The number of amides is 1. The summed E-state index contributed by atoms with van der Waals surface area (Å²) in [5.41, 5.74) is 1.76. The van der Waals surface area contributed by atoms with E-state index in [-0.39, 0.29) is 24.1 Å². The molecule has 2 aromatic heterocycles. The Morgan fingerprint density at radius 3 is 2.88 bits per heavy atom. The van der Waals surface area contributed by atoms with Crippen LogP contribution in [0.3, 0.4) is 0 Å². The number of benzene rings is 1. The summed E-state index contributed by atoms with van der Waals surface area (Å²) in [4.78, 5) is 32.4. The van der Waals surface area contributed by atoms with E-state index in [0.29, 0.717) is 11.0 Å². The third-order valence-electron chi connectivity index (χ3n) is 4.76. The van der Waals surface area contributed by atoms with Crippen LogP contribution in [0.15, 0.2) is 35.4 Å². The van der Waals surface area contributed by atoms with Crippen LogP contribution < -0.4 is 10.9 Å². The van der Waals surface area contributed by atoms with E-state index in [9.17, 15) is 9.59 Å². The van der Waals surface area contributed by atoms with E-state index < -0.39 is 0 Å². The van der Waals surface area contributed by atoms with Crippen molar-refractivity contribution < 1.29 is 4.79 Å². The first-order chi connectivity index (χ1) is 11.7. The molecule has 4 rings (SSSR count). The average molecular weight is 324 g/mol. The van der Waals surface area contributed by atoms with Crippen molar-refractivity contribution in [2.75, 3.05) is 0 Å². The van der Waals surface area contributed by atoms with Crippen LogP contribution in [-0.4, -0.2) is 26.5 Å². The quantitative estimate of drug-likeness (QED) is 0.776. The molecule has 2 heterocycles. The lowest BCUT2D eigenvalue weighted by Gasteiger charge is -2.22. The lowest BCUT2D eigenvalue weighted by Crippen LogP contribution is -2.39. The van der Waals surface area contributed by atoms with Crippen molar-refractivity contribution in [1.29, 1.82) is 0 Å². The maximum absolute atomic E-state index is 12.6. The number of hydrogen-bond acceptors (Lipinski definition) is 3. The highest BCUT2D eigenvalue weighted by molar-refractivity contribution is 6.04. The molecule has 0 bridgehead atoms. The Labute approximate surface area is 138 Å². The van der Waals surface area contributed by atoms with Crippen LogP contribution in [0.1, 0.15) is 32.1 Å². The highest BCUT2D eigenvalue weighted by Gasteiger charge is 2.17. The summed E-state index contributed by atoms with van der Waals surface area (Å²) < 4.78 is 1.37. The molecule has 0 aliphatic heterocycles. The maximum atomic E-state index is 12.6. The van der Waals surface area contributed by atoms with Gasteiger partial charge in [-0.2, -0.15) is 0 Å². The van der Waals surface area contributed by atoms with Gasteiger partial charge in [0.05, 0.1) is 6.33 Å². The van der Waals surface area contributed by atoms with E-state index in [1.165, 1.54) is 17.3 Å². The van der Waals surface area contributed by atoms with E-state index in [4.69, 9.17) is 0 Å². The van der Waals surface area contributed by atoms with Gasteiger partial charge in [-0.25, -0.2) is 4.98 Å². The summed E-state index contributed by atoms with van der Waals surface area (Å²) in [6.07, 6.45) is 7.08. The maximum Gasteiger partial charge on any atom is 0.278 e. The Morgan fingerprint density at radius 1 is 1.25 bits per heavy atom. The second-order valence-corrected chi connectivity index (χ2v) is 6.47. The van der Waals surface area contributed by atoms with E-state index in [2.05, 4.69) is 15.3 Å². The largest absolute Gasteiger partial charge is 0.352 e. The standard InChI is InChI=1S/C18H20N4O2/c23-15(20-12-6-2-1-3-7-12)10-22-11-19-16-13-8-4-5-9-14(13)21-17(16)18(22)24/h4-5,8-9,11-12,21H,1-3,6-7,10H2,(H,20,23). The zero-order chi connectivity index (χ0) is 16.5. The Bertz CT molecular complexity index is 950. The lowest BCUT2D eigenvalue weighted by molar-refractivity contribution is -0.122. The summed E-state index contributed by atoms with van der Waals surface area (Å²) in [5.74, 6) is -0.124. The Hall–Kier alpha value is -2.63. The van der Waals surface area contributed by atoms with Gasteiger partial charge in [-0.05, 0) is 18.9 Å². The minimum absolute atomic E-state index is 0.00758. The van der Waals surface area contributed by atoms with Crippen molar-refractivity contribution in [2.24, 2.45) is 0 Å². The second-order valence-electron chi connectivity index (χ2n) is 6.47. The van der Waals surface area contributed by atoms with Gasteiger partial charge in [0.15, 0.2) is 0 Å². The summed E-state index contributed by atoms with van der Waals surface area (Å²) >= 11 is 0. The smallest absolute Gasteiger partial charge is 0.278 e. The van der Waals surface area contributed by atoms with Gasteiger partial charge in [0.25, 0.3) is 5.56 Å². The van der Waals surface area contributed by atoms with Crippen molar-refractivity contribution in [3.63, 3.8) is 0 Å². The predicted octanol–water partition coefficient (Wildman–Crippen LogP) is 2.33. The first-order valence-corrected chi connectivity index (χ1v) is 8.47. The summed E-state index contributed by atoms with van der Waals surface area (Å²) in [6.45, 7) is 0.00758. The zero-order valence-corrected chi connectivity index (χ0v) is 13.4. The molecule has 6 heteroatoms. The van der Waals surface area contributed by atoms with Gasteiger partial charge in [-0.15, -0.1) is 0 Å². The molecule has 0 atom stereocenters. The molecule has 0 spiro atoms. The van der Waals surface area contributed by atoms with Gasteiger partial charge < -0.3 is 10.3 Å². The first kappa shape index (κ1) is 14.9. The van der Waals surface area contributed by atoms with E-state index in [1.54, 1.807) is 0 Å². The molecule has 6 nitrogen and oxygen atoms in total.